The Morgan fingerprint density at radius 1 is 1.21 bits per heavy atom. The molecule has 3 rings (SSSR count). The van der Waals surface area contributed by atoms with Gasteiger partial charge in [-0.2, -0.15) is 0 Å². The molecule has 9 heteroatoms. The van der Waals surface area contributed by atoms with Crippen molar-refractivity contribution in [3.05, 3.63) is 67.7 Å². The van der Waals surface area contributed by atoms with Crippen molar-refractivity contribution in [2.24, 2.45) is 0 Å². The van der Waals surface area contributed by atoms with E-state index in [9.17, 15) is 14.7 Å². The molecule has 0 saturated heterocycles. The van der Waals surface area contributed by atoms with E-state index in [0.717, 1.165) is 5.70 Å². The topological polar surface area (TPSA) is 65.8 Å². The summed E-state index contributed by atoms with van der Waals surface area (Å²) in [5.74, 6) is -1.29. The van der Waals surface area contributed by atoms with Gasteiger partial charge in [-0.05, 0) is 26.0 Å². The molecule has 0 radical (unpaired) electrons. The van der Waals surface area contributed by atoms with Crippen molar-refractivity contribution < 1.29 is 9.90 Å². The lowest BCUT2D eigenvalue weighted by molar-refractivity contribution is 0.0695. The van der Waals surface area contributed by atoms with Gasteiger partial charge in [0.25, 0.3) is 0 Å². The van der Waals surface area contributed by atoms with Crippen LogP contribution in [0.4, 0.5) is 0 Å². The Balaban J connectivity index is 2.20. The highest BCUT2D eigenvalue weighted by molar-refractivity contribution is 6.42. The minimum absolute atomic E-state index is 0.284. The molecular weight excluding hydrogens is 425 g/mol. The maximum absolute atomic E-state index is 12.7. The van der Waals surface area contributed by atoms with Gasteiger partial charge in [-0.1, -0.05) is 29.3 Å². The molecule has 1 aliphatic rings. The molecule has 0 saturated carbocycles. The first-order valence-electron chi connectivity index (χ1n) is 8.54. The number of hydrogen-bond donors (Lipinski definition) is 1. The number of carboxylic acids is 1. The van der Waals surface area contributed by atoms with Gasteiger partial charge in [-0.3, -0.25) is 9.21 Å². The van der Waals surface area contributed by atoms with Crippen LogP contribution in [-0.4, -0.2) is 31.6 Å². The predicted octanol–water partition coefficient (Wildman–Crippen LogP) is 4.63. The summed E-state index contributed by atoms with van der Waals surface area (Å²) >= 11 is 18.2. The van der Waals surface area contributed by atoms with Crippen LogP contribution >= 0.6 is 35.0 Å². The van der Waals surface area contributed by atoms with Crippen LogP contribution < -0.4 is 5.43 Å². The van der Waals surface area contributed by atoms with Crippen molar-refractivity contribution in [1.82, 2.24) is 13.9 Å². The molecule has 0 bridgehead atoms. The Morgan fingerprint density at radius 3 is 2.46 bits per heavy atom. The lowest BCUT2D eigenvalue weighted by atomic mass is 10.0. The number of hydrogen-bond acceptors (Lipinski definition) is 4. The normalized spacial score (nSPS) is 13.8. The number of benzene rings is 1. The van der Waals surface area contributed by atoms with E-state index < -0.39 is 11.4 Å². The van der Waals surface area contributed by atoms with Crippen LogP contribution in [0.3, 0.4) is 0 Å². The summed E-state index contributed by atoms with van der Waals surface area (Å²) < 4.78 is 3.38. The number of halogens is 3. The molecule has 0 aliphatic carbocycles. The van der Waals surface area contributed by atoms with E-state index in [2.05, 4.69) is 0 Å². The zero-order chi connectivity index (χ0) is 20.6. The van der Waals surface area contributed by atoms with E-state index in [0.29, 0.717) is 41.7 Å². The van der Waals surface area contributed by atoms with Crippen LogP contribution in [-0.2, 0) is 13.1 Å². The SMILES string of the molecule is CCn1c(CN2C=C(C)N(Cl)C2)cc(=O)c(C(=O)O)c1-c1ccc(Cl)c(Cl)c1. The Hall–Kier alpha value is -2.15. The standard InChI is InChI=1S/C19H18Cl3N3O3/c1-3-24-13(9-23-8-11(2)25(22)10-23)7-16(26)17(19(27)28)18(24)12-4-5-14(20)15(21)6-12/h4-8H,3,9-10H2,1-2H3,(H,27,28). The number of nitrogens with zero attached hydrogens (tertiary/aromatic N) is 3. The minimum atomic E-state index is -1.29. The summed E-state index contributed by atoms with van der Waals surface area (Å²) in [4.78, 5) is 26.5. The zero-order valence-electron chi connectivity index (χ0n) is 15.2. The predicted molar refractivity (Wildman–Crippen MR) is 111 cm³/mol. The highest BCUT2D eigenvalue weighted by Crippen LogP contribution is 2.31. The average molecular weight is 443 g/mol. The molecule has 148 valence electrons. The molecule has 1 aliphatic heterocycles. The summed E-state index contributed by atoms with van der Waals surface area (Å²) in [6.45, 7) is 5.10. The lowest BCUT2D eigenvalue weighted by Gasteiger charge is -2.23. The molecular formula is C19H18Cl3N3O3. The molecule has 28 heavy (non-hydrogen) atoms. The minimum Gasteiger partial charge on any atom is -0.477 e. The van der Waals surface area contributed by atoms with Gasteiger partial charge in [-0.15, -0.1) is 0 Å². The third kappa shape index (κ3) is 3.85. The van der Waals surface area contributed by atoms with Crippen LogP contribution in [0.1, 0.15) is 29.9 Å². The lowest BCUT2D eigenvalue weighted by Crippen LogP contribution is -2.27. The summed E-state index contributed by atoms with van der Waals surface area (Å²) in [6.07, 6.45) is 1.89. The van der Waals surface area contributed by atoms with Crippen molar-refractivity contribution in [2.45, 2.75) is 26.9 Å². The first-order chi connectivity index (χ1) is 13.2. The van der Waals surface area contributed by atoms with Gasteiger partial charge in [0.05, 0.1) is 22.3 Å². The van der Waals surface area contributed by atoms with E-state index in [1.165, 1.54) is 6.07 Å². The maximum atomic E-state index is 12.7. The average Bonchev–Trinajstić information content (AvgIpc) is 2.93. The fourth-order valence-corrected chi connectivity index (χ4v) is 3.76. The maximum Gasteiger partial charge on any atom is 0.341 e. The molecule has 0 unspecified atom stereocenters. The van der Waals surface area contributed by atoms with Crippen molar-refractivity contribution in [2.75, 3.05) is 6.67 Å². The molecule has 1 aromatic carbocycles. The van der Waals surface area contributed by atoms with Crippen molar-refractivity contribution in [3.8, 4) is 11.3 Å². The Labute approximate surface area is 177 Å². The number of carboxylic acid groups (broad SMARTS) is 1. The van der Waals surface area contributed by atoms with E-state index in [4.69, 9.17) is 35.0 Å². The number of carbonyl (C=O) groups is 1. The van der Waals surface area contributed by atoms with Crippen molar-refractivity contribution in [1.29, 1.82) is 0 Å². The second kappa shape index (κ2) is 8.07. The first kappa shape index (κ1) is 20.6. The fourth-order valence-electron chi connectivity index (χ4n) is 3.28. The van der Waals surface area contributed by atoms with Gasteiger partial charge in [-0.25, -0.2) is 4.79 Å². The van der Waals surface area contributed by atoms with Crippen molar-refractivity contribution in [3.63, 3.8) is 0 Å². The van der Waals surface area contributed by atoms with Crippen LogP contribution in [0.5, 0.6) is 0 Å². The molecule has 6 nitrogen and oxygen atoms in total. The summed E-state index contributed by atoms with van der Waals surface area (Å²) in [5.41, 5.74) is 1.53. The van der Waals surface area contributed by atoms with E-state index in [-0.39, 0.29) is 10.6 Å². The summed E-state index contributed by atoms with van der Waals surface area (Å²) in [7, 11) is 0. The third-order valence-electron chi connectivity index (χ3n) is 4.54. The second-order valence-electron chi connectivity index (χ2n) is 6.42. The number of pyridine rings is 1. The van der Waals surface area contributed by atoms with E-state index >= 15 is 0 Å². The van der Waals surface area contributed by atoms with Gasteiger partial charge in [0, 0.05) is 47.5 Å². The smallest absolute Gasteiger partial charge is 0.341 e. The highest BCUT2D eigenvalue weighted by atomic mass is 35.5. The molecule has 0 spiro atoms. The molecule has 0 fully saturated rings. The van der Waals surface area contributed by atoms with Gasteiger partial charge < -0.3 is 14.6 Å². The second-order valence-corrected chi connectivity index (χ2v) is 7.65. The summed E-state index contributed by atoms with van der Waals surface area (Å²) in [5, 5.41) is 10.3. The number of aromatic nitrogens is 1. The van der Waals surface area contributed by atoms with Gasteiger partial charge >= 0.3 is 5.97 Å². The largest absolute Gasteiger partial charge is 0.477 e. The quantitative estimate of drug-likeness (QED) is 0.684. The molecule has 0 amide bonds. The molecule has 0 atom stereocenters. The molecule has 2 heterocycles. The monoisotopic (exact) mass is 441 g/mol. The number of aromatic carboxylic acids is 1. The first-order valence-corrected chi connectivity index (χ1v) is 9.63. The number of allylic oxidation sites excluding steroid dienone is 1. The van der Waals surface area contributed by atoms with Crippen LogP contribution in [0, 0.1) is 0 Å². The van der Waals surface area contributed by atoms with E-state index in [1.54, 1.807) is 22.6 Å². The molecule has 1 aromatic heterocycles. The van der Waals surface area contributed by atoms with Crippen LogP contribution in [0.15, 0.2) is 41.0 Å². The Bertz CT molecular complexity index is 1030. The third-order valence-corrected chi connectivity index (χ3v) is 5.66. The zero-order valence-corrected chi connectivity index (χ0v) is 17.5. The van der Waals surface area contributed by atoms with Crippen LogP contribution in [0.2, 0.25) is 10.0 Å². The van der Waals surface area contributed by atoms with Gasteiger partial charge in [0.15, 0.2) is 5.43 Å². The van der Waals surface area contributed by atoms with Crippen LogP contribution in [0.25, 0.3) is 11.3 Å². The fraction of sp³-hybridized carbons (Fsp3) is 0.263. The Morgan fingerprint density at radius 2 is 1.93 bits per heavy atom. The van der Waals surface area contributed by atoms with E-state index in [1.807, 2.05) is 29.5 Å². The highest BCUT2D eigenvalue weighted by Gasteiger charge is 2.24. The number of rotatable bonds is 5. The van der Waals surface area contributed by atoms with Crippen molar-refractivity contribution >= 4 is 40.9 Å². The Kier molecular flexibility index (Phi) is 5.93. The molecule has 2 aromatic rings. The molecule has 1 N–H and O–H groups in total. The van der Waals surface area contributed by atoms with Gasteiger partial charge in [0.1, 0.15) is 12.2 Å². The summed E-state index contributed by atoms with van der Waals surface area (Å²) in [6, 6.07) is 6.18. The van der Waals surface area contributed by atoms with Gasteiger partial charge in [0.2, 0.25) is 0 Å².